The zero-order valence-corrected chi connectivity index (χ0v) is 11.3. The lowest BCUT2D eigenvalue weighted by Crippen LogP contribution is -2.44. The van der Waals surface area contributed by atoms with Crippen molar-refractivity contribution in [3.63, 3.8) is 0 Å². The number of nitrogens with zero attached hydrogens (tertiary/aromatic N) is 3. The van der Waals surface area contributed by atoms with Gasteiger partial charge in [0.1, 0.15) is 0 Å². The smallest absolute Gasteiger partial charge is 0.0726 e. The number of hydrogen-bond donors (Lipinski definition) is 1. The Morgan fingerprint density at radius 2 is 1.95 bits per heavy atom. The highest BCUT2D eigenvalue weighted by Crippen LogP contribution is 2.26. The van der Waals surface area contributed by atoms with Crippen molar-refractivity contribution in [1.29, 1.82) is 0 Å². The highest BCUT2D eigenvalue weighted by molar-refractivity contribution is 5.92. The largest absolute Gasteiger partial charge is 0.368 e. The molecule has 4 nitrogen and oxygen atoms in total. The number of hydrogen-bond acceptors (Lipinski definition) is 4. The molecule has 3 rings (SSSR count). The molecule has 0 amide bonds. The van der Waals surface area contributed by atoms with Crippen molar-refractivity contribution in [1.82, 2.24) is 9.88 Å². The molecular weight excluding hydrogens is 236 g/mol. The number of rotatable bonds is 2. The minimum Gasteiger partial charge on any atom is -0.368 e. The van der Waals surface area contributed by atoms with Crippen molar-refractivity contribution in [2.24, 2.45) is 5.73 Å². The fourth-order valence-corrected chi connectivity index (χ4v) is 2.63. The summed E-state index contributed by atoms with van der Waals surface area (Å²) in [4.78, 5) is 9.29. The molecule has 2 N–H and O–H groups in total. The van der Waals surface area contributed by atoms with E-state index in [1.807, 2.05) is 6.20 Å². The van der Waals surface area contributed by atoms with Crippen molar-refractivity contribution in [2.75, 3.05) is 38.1 Å². The fraction of sp³-hybridized carbons (Fsp3) is 0.400. The Hall–Kier alpha value is -1.65. The van der Waals surface area contributed by atoms with Crippen LogP contribution in [0.4, 0.5) is 5.69 Å². The standard InChI is InChI=1S/C15H20N4/c1-18-6-8-19(9-7-18)15-4-5-17-14-10-12(11-16)2-3-13(14)15/h2-5,10H,6-9,11,16H2,1H3. The van der Waals surface area contributed by atoms with Crippen LogP contribution in [-0.4, -0.2) is 43.1 Å². The Balaban J connectivity index is 1.99. The van der Waals surface area contributed by atoms with Gasteiger partial charge in [-0.2, -0.15) is 0 Å². The molecule has 0 unspecified atom stereocenters. The monoisotopic (exact) mass is 256 g/mol. The lowest BCUT2D eigenvalue weighted by Gasteiger charge is -2.34. The number of likely N-dealkylation sites (N-methyl/N-ethyl adjacent to an activating group) is 1. The van der Waals surface area contributed by atoms with Crippen molar-refractivity contribution in [3.05, 3.63) is 36.0 Å². The van der Waals surface area contributed by atoms with E-state index in [2.05, 4.69) is 46.1 Å². The molecule has 1 aromatic carbocycles. The van der Waals surface area contributed by atoms with Gasteiger partial charge in [-0.1, -0.05) is 12.1 Å². The van der Waals surface area contributed by atoms with Gasteiger partial charge >= 0.3 is 0 Å². The van der Waals surface area contributed by atoms with E-state index in [4.69, 9.17) is 5.73 Å². The average molecular weight is 256 g/mol. The van der Waals surface area contributed by atoms with Crippen LogP contribution in [0, 0.1) is 0 Å². The van der Waals surface area contributed by atoms with E-state index in [0.29, 0.717) is 6.54 Å². The van der Waals surface area contributed by atoms with Crippen molar-refractivity contribution < 1.29 is 0 Å². The molecule has 0 radical (unpaired) electrons. The molecule has 0 aliphatic carbocycles. The number of aromatic nitrogens is 1. The molecule has 0 atom stereocenters. The van der Waals surface area contributed by atoms with Crippen LogP contribution in [-0.2, 0) is 6.54 Å². The summed E-state index contributed by atoms with van der Waals surface area (Å²) in [5.74, 6) is 0. The minimum absolute atomic E-state index is 0.566. The van der Waals surface area contributed by atoms with Gasteiger partial charge in [0.2, 0.25) is 0 Å². The number of benzene rings is 1. The van der Waals surface area contributed by atoms with Crippen LogP contribution < -0.4 is 10.6 Å². The Bertz CT molecular complexity index is 573. The van der Waals surface area contributed by atoms with Crippen LogP contribution in [0.5, 0.6) is 0 Å². The van der Waals surface area contributed by atoms with Crippen molar-refractivity contribution >= 4 is 16.6 Å². The van der Waals surface area contributed by atoms with Crippen LogP contribution in [0.2, 0.25) is 0 Å². The summed E-state index contributed by atoms with van der Waals surface area (Å²) < 4.78 is 0. The SMILES string of the molecule is CN1CCN(c2ccnc3cc(CN)ccc23)CC1. The molecule has 1 aliphatic rings. The van der Waals surface area contributed by atoms with E-state index < -0.39 is 0 Å². The second-order valence-corrected chi connectivity index (χ2v) is 5.18. The third-order valence-corrected chi connectivity index (χ3v) is 3.86. The second-order valence-electron chi connectivity index (χ2n) is 5.18. The van der Waals surface area contributed by atoms with Crippen LogP contribution in [0.25, 0.3) is 10.9 Å². The molecule has 4 heteroatoms. The predicted octanol–water partition coefficient (Wildman–Crippen LogP) is 1.45. The zero-order valence-electron chi connectivity index (χ0n) is 11.3. The van der Waals surface area contributed by atoms with Crippen LogP contribution in [0.1, 0.15) is 5.56 Å². The Morgan fingerprint density at radius 1 is 1.16 bits per heavy atom. The van der Waals surface area contributed by atoms with Crippen molar-refractivity contribution in [2.45, 2.75) is 6.54 Å². The molecule has 2 heterocycles. The van der Waals surface area contributed by atoms with Gasteiger partial charge in [-0.25, -0.2) is 0 Å². The molecule has 0 bridgehead atoms. The third-order valence-electron chi connectivity index (χ3n) is 3.86. The van der Waals surface area contributed by atoms with E-state index >= 15 is 0 Å². The van der Waals surface area contributed by atoms with Crippen molar-refractivity contribution in [3.8, 4) is 0 Å². The lowest BCUT2D eigenvalue weighted by molar-refractivity contribution is 0.313. The Labute approximate surface area is 113 Å². The third kappa shape index (κ3) is 2.41. The summed E-state index contributed by atoms with van der Waals surface area (Å²) in [7, 11) is 2.18. The normalized spacial score (nSPS) is 17.1. The predicted molar refractivity (Wildman–Crippen MR) is 79.3 cm³/mol. The lowest BCUT2D eigenvalue weighted by atomic mass is 10.1. The summed E-state index contributed by atoms with van der Waals surface area (Å²) in [5, 5.41) is 1.23. The molecule has 1 fully saturated rings. The minimum atomic E-state index is 0.566. The molecule has 2 aromatic rings. The number of fused-ring (bicyclic) bond motifs is 1. The summed E-state index contributed by atoms with van der Waals surface area (Å²) in [6, 6.07) is 8.46. The quantitative estimate of drug-likeness (QED) is 0.883. The van der Waals surface area contributed by atoms with Gasteiger partial charge in [0.25, 0.3) is 0 Å². The van der Waals surface area contributed by atoms with Crippen LogP contribution >= 0.6 is 0 Å². The highest BCUT2D eigenvalue weighted by atomic mass is 15.2. The highest BCUT2D eigenvalue weighted by Gasteiger charge is 2.16. The van der Waals surface area contributed by atoms with Gasteiger partial charge in [-0.3, -0.25) is 4.98 Å². The van der Waals surface area contributed by atoms with E-state index in [9.17, 15) is 0 Å². The Kier molecular flexibility index (Phi) is 3.36. The fourth-order valence-electron chi connectivity index (χ4n) is 2.63. The van der Waals surface area contributed by atoms with E-state index in [0.717, 1.165) is 37.3 Å². The first kappa shape index (κ1) is 12.4. The summed E-state index contributed by atoms with van der Waals surface area (Å²) >= 11 is 0. The van der Waals surface area contributed by atoms with E-state index in [-0.39, 0.29) is 0 Å². The van der Waals surface area contributed by atoms with Gasteiger partial charge in [0.05, 0.1) is 5.52 Å². The second kappa shape index (κ2) is 5.15. The van der Waals surface area contributed by atoms with Crippen LogP contribution in [0.15, 0.2) is 30.5 Å². The number of nitrogens with two attached hydrogens (primary N) is 1. The summed E-state index contributed by atoms with van der Waals surface area (Å²) in [6.45, 7) is 4.95. The van der Waals surface area contributed by atoms with Gasteiger partial charge in [0, 0.05) is 50.0 Å². The first-order chi connectivity index (χ1) is 9.28. The molecular formula is C15H20N4. The first-order valence-electron chi connectivity index (χ1n) is 6.79. The van der Waals surface area contributed by atoms with Gasteiger partial charge in [-0.15, -0.1) is 0 Å². The molecule has 1 aliphatic heterocycles. The topological polar surface area (TPSA) is 45.4 Å². The molecule has 0 saturated carbocycles. The number of anilines is 1. The molecule has 1 saturated heterocycles. The average Bonchev–Trinajstić information content (AvgIpc) is 2.47. The van der Waals surface area contributed by atoms with E-state index in [1.165, 1.54) is 11.1 Å². The summed E-state index contributed by atoms with van der Waals surface area (Å²) in [5.41, 5.74) is 9.16. The molecule has 19 heavy (non-hydrogen) atoms. The number of piperazine rings is 1. The number of pyridine rings is 1. The Morgan fingerprint density at radius 3 is 2.68 bits per heavy atom. The van der Waals surface area contributed by atoms with E-state index in [1.54, 1.807) is 0 Å². The molecule has 0 spiro atoms. The van der Waals surface area contributed by atoms with Crippen LogP contribution in [0.3, 0.4) is 0 Å². The maximum atomic E-state index is 5.69. The molecule has 100 valence electrons. The van der Waals surface area contributed by atoms with Gasteiger partial charge < -0.3 is 15.5 Å². The first-order valence-corrected chi connectivity index (χ1v) is 6.79. The molecule has 1 aromatic heterocycles. The maximum absolute atomic E-state index is 5.69. The van der Waals surface area contributed by atoms with Gasteiger partial charge in [0.15, 0.2) is 0 Å². The zero-order chi connectivity index (χ0) is 13.2. The summed E-state index contributed by atoms with van der Waals surface area (Å²) in [6.07, 6.45) is 1.90. The maximum Gasteiger partial charge on any atom is 0.0726 e. The van der Waals surface area contributed by atoms with Gasteiger partial charge in [-0.05, 0) is 24.7 Å².